The fourth-order valence-electron chi connectivity index (χ4n) is 2.32. The number of rotatable bonds is 2. The quantitative estimate of drug-likeness (QED) is 0.802. The number of aryl methyl sites for hydroxylation is 1. The van der Waals surface area contributed by atoms with Crippen LogP contribution < -0.4 is 0 Å². The van der Waals surface area contributed by atoms with Crippen LogP contribution in [0.2, 0.25) is 0 Å². The SMILES string of the molecule is Cc1sc(C2CCCCCC2)nc1C(=O)O. The first kappa shape index (κ1) is 11.6. The van der Waals surface area contributed by atoms with Gasteiger partial charge >= 0.3 is 5.97 Å². The molecular weight excluding hydrogens is 222 g/mol. The molecule has 16 heavy (non-hydrogen) atoms. The van der Waals surface area contributed by atoms with Crippen LogP contribution in [-0.4, -0.2) is 16.1 Å². The smallest absolute Gasteiger partial charge is 0.355 e. The summed E-state index contributed by atoms with van der Waals surface area (Å²) in [5.74, 6) is -0.395. The van der Waals surface area contributed by atoms with Gasteiger partial charge in [-0.3, -0.25) is 0 Å². The number of aromatic nitrogens is 1. The molecule has 88 valence electrons. The lowest BCUT2D eigenvalue weighted by Gasteiger charge is -2.09. The summed E-state index contributed by atoms with van der Waals surface area (Å²) in [5.41, 5.74) is 0.254. The average molecular weight is 239 g/mol. The van der Waals surface area contributed by atoms with Gasteiger partial charge in [0, 0.05) is 10.8 Å². The van der Waals surface area contributed by atoms with Crippen molar-refractivity contribution in [3.8, 4) is 0 Å². The molecule has 1 aliphatic rings. The third-order valence-corrected chi connectivity index (χ3v) is 4.35. The van der Waals surface area contributed by atoms with Gasteiger partial charge in [-0.05, 0) is 19.8 Å². The molecule has 1 aromatic rings. The van der Waals surface area contributed by atoms with E-state index in [9.17, 15) is 4.79 Å². The highest BCUT2D eigenvalue weighted by molar-refractivity contribution is 7.11. The molecule has 0 saturated heterocycles. The highest BCUT2D eigenvalue weighted by atomic mass is 32.1. The molecule has 1 heterocycles. The maximum Gasteiger partial charge on any atom is 0.355 e. The van der Waals surface area contributed by atoms with E-state index in [-0.39, 0.29) is 5.69 Å². The fourth-order valence-corrected chi connectivity index (χ4v) is 3.40. The Morgan fingerprint density at radius 3 is 2.44 bits per heavy atom. The third-order valence-electron chi connectivity index (χ3n) is 3.22. The van der Waals surface area contributed by atoms with Crippen LogP contribution in [0.4, 0.5) is 0 Å². The van der Waals surface area contributed by atoms with Gasteiger partial charge in [-0.1, -0.05) is 25.7 Å². The van der Waals surface area contributed by atoms with Crippen molar-refractivity contribution in [2.24, 2.45) is 0 Å². The van der Waals surface area contributed by atoms with Crippen LogP contribution in [0, 0.1) is 6.92 Å². The molecule has 0 bridgehead atoms. The third kappa shape index (κ3) is 2.43. The Morgan fingerprint density at radius 1 is 1.31 bits per heavy atom. The van der Waals surface area contributed by atoms with Gasteiger partial charge in [0.25, 0.3) is 0 Å². The topological polar surface area (TPSA) is 50.2 Å². The Hall–Kier alpha value is -0.900. The van der Waals surface area contributed by atoms with Gasteiger partial charge in [0.2, 0.25) is 0 Å². The number of carboxylic acid groups (broad SMARTS) is 1. The van der Waals surface area contributed by atoms with Crippen LogP contribution in [0.5, 0.6) is 0 Å². The zero-order valence-electron chi connectivity index (χ0n) is 9.53. The van der Waals surface area contributed by atoms with E-state index in [0.29, 0.717) is 5.92 Å². The monoisotopic (exact) mass is 239 g/mol. The van der Waals surface area contributed by atoms with Crippen molar-refractivity contribution >= 4 is 17.3 Å². The molecule has 1 aliphatic carbocycles. The summed E-state index contributed by atoms with van der Waals surface area (Å²) in [4.78, 5) is 16.1. The Balaban J connectivity index is 2.19. The number of aromatic carboxylic acids is 1. The molecule has 1 saturated carbocycles. The lowest BCUT2D eigenvalue weighted by Crippen LogP contribution is -2.01. The Kier molecular flexibility index (Phi) is 3.59. The van der Waals surface area contributed by atoms with Crippen molar-refractivity contribution in [1.29, 1.82) is 0 Å². The summed E-state index contributed by atoms with van der Waals surface area (Å²) in [7, 11) is 0. The normalized spacial score (nSPS) is 18.3. The molecule has 0 aromatic carbocycles. The van der Waals surface area contributed by atoms with Crippen molar-refractivity contribution in [3.63, 3.8) is 0 Å². The second-order valence-corrected chi connectivity index (χ2v) is 5.69. The molecule has 1 aromatic heterocycles. The molecule has 1 N–H and O–H groups in total. The molecule has 0 aliphatic heterocycles. The number of hydrogen-bond donors (Lipinski definition) is 1. The Bertz CT molecular complexity index is 378. The highest BCUT2D eigenvalue weighted by Gasteiger charge is 2.21. The maximum absolute atomic E-state index is 10.9. The van der Waals surface area contributed by atoms with Crippen molar-refractivity contribution < 1.29 is 9.90 Å². The maximum atomic E-state index is 10.9. The minimum atomic E-state index is -0.895. The molecule has 0 radical (unpaired) electrons. The highest BCUT2D eigenvalue weighted by Crippen LogP contribution is 2.34. The molecule has 2 rings (SSSR count). The van der Waals surface area contributed by atoms with E-state index in [2.05, 4.69) is 4.98 Å². The summed E-state index contributed by atoms with van der Waals surface area (Å²) >= 11 is 1.57. The van der Waals surface area contributed by atoms with Gasteiger partial charge in [0.15, 0.2) is 5.69 Å². The van der Waals surface area contributed by atoms with E-state index >= 15 is 0 Å². The lowest BCUT2D eigenvalue weighted by molar-refractivity contribution is 0.0690. The Labute approximate surface area is 99.5 Å². The molecule has 0 atom stereocenters. The molecule has 0 amide bonds. The number of carbonyl (C=O) groups is 1. The number of hydrogen-bond acceptors (Lipinski definition) is 3. The minimum absolute atomic E-state index is 0.254. The van der Waals surface area contributed by atoms with E-state index in [1.807, 2.05) is 6.92 Å². The second-order valence-electron chi connectivity index (χ2n) is 4.45. The minimum Gasteiger partial charge on any atom is -0.476 e. The van der Waals surface area contributed by atoms with Crippen LogP contribution in [0.15, 0.2) is 0 Å². The van der Waals surface area contributed by atoms with Gasteiger partial charge < -0.3 is 5.11 Å². The number of nitrogens with zero attached hydrogens (tertiary/aromatic N) is 1. The van der Waals surface area contributed by atoms with Crippen LogP contribution in [0.25, 0.3) is 0 Å². The molecule has 0 spiro atoms. The molecule has 3 nitrogen and oxygen atoms in total. The average Bonchev–Trinajstić information content (AvgIpc) is 2.50. The first-order chi connectivity index (χ1) is 7.68. The number of thiazole rings is 1. The zero-order chi connectivity index (χ0) is 11.5. The second kappa shape index (κ2) is 4.95. The van der Waals surface area contributed by atoms with E-state index in [4.69, 9.17) is 5.11 Å². The Morgan fingerprint density at radius 2 is 1.94 bits per heavy atom. The summed E-state index contributed by atoms with van der Waals surface area (Å²) < 4.78 is 0. The van der Waals surface area contributed by atoms with E-state index in [1.54, 1.807) is 11.3 Å². The standard InChI is InChI=1S/C12H17NO2S/c1-8-10(12(14)15)13-11(16-8)9-6-4-2-3-5-7-9/h9H,2-7H2,1H3,(H,14,15). The lowest BCUT2D eigenvalue weighted by atomic mass is 10.0. The summed E-state index contributed by atoms with van der Waals surface area (Å²) in [6, 6.07) is 0. The summed E-state index contributed by atoms with van der Waals surface area (Å²) in [5, 5.41) is 10.0. The van der Waals surface area contributed by atoms with Crippen LogP contribution >= 0.6 is 11.3 Å². The van der Waals surface area contributed by atoms with Crippen molar-refractivity contribution in [2.45, 2.75) is 51.4 Å². The van der Waals surface area contributed by atoms with E-state index in [0.717, 1.165) is 9.88 Å². The van der Waals surface area contributed by atoms with Crippen LogP contribution in [0.3, 0.4) is 0 Å². The largest absolute Gasteiger partial charge is 0.476 e. The fraction of sp³-hybridized carbons (Fsp3) is 0.667. The van der Waals surface area contributed by atoms with Crippen molar-refractivity contribution in [2.75, 3.05) is 0 Å². The van der Waals surface area contributed by atoms with Gasteiger partial charge in [0.1, 0.15) is 0 Å². The van der Waals surface area contributed by atoms with Gasteiger partial charge in [-0.25, -0.2) is 9.78 Å². The first-order valence-corrected chi connectivity index (χ1v) is 6.70. The summed E-state index contributed by atoms with van der Waals surface area (Å²) in [6.45, 7) is 1.85. The van der Waals surface area contributed by atoms with Gasteiger partial charge in [-0.15, -0.1) is 11.3 Å². The predicted molar refractivity (Wildman–Crippen MR) is 64.3 cm³/mol. The van der Waals surface area contributed by atoms with Crippen molar-refractivity contribution in [1.82, 2.24) is 4.98 Å². The molecular formula is C12H17NO2S. The summed E-state index contributed by atoms with van der Waals surface area (Å²) in [6.07, 6.45) is 7.48. The van der Waals surface area contributed by atoms with Crippen LogP contribution in [-0.2, 0) is 0 Å². The van der Waals surface area contributed by atoms with E-state index < -0.39 is 5.97 Å². The van der Waals surface area contributed by atoms with Crippen LogP contribution in [0.1, 0.15) is 64.8 Å². The molecule has 4 heteroatoms. The zero-order valence-corrected chi connectivity index (χ0v) is 10.3. The first-order valence-electron chi connectivity index (χ1n) is 5.89. The van der Waals surface area contributed by atoms with Crippen molar-refractivity contribution in [3.05, 3.63) is 15.6 Å². The predicted octanol–water partition coefficient (Wildman–Crippen LogP) is 3.59. The molecule has 1 fully saturated rings. The van der Waals surface area contributed by atoms with Gasteiger partial charge in [-0.2, -0.15) is 0 Å². The number of carboxylic acids is 1. The van der Waals surface area contributed by atoms with E-state index in [1.165, 1.54) is 38.5 Å². The van der Waals surface area contributed by atoms with Gasteiger partial charge in [0.05, 0.1) is 5.01 Å². The molecule has 0 unspecified atom stereocenters.